The minimum Gasteiger partial charge on any atom is -0.384 e. The molecule has 1 rings (SSSR count). The van der Waals surface area contributed by atoms with Crippen molar-refractivity contribution in [2.45, 2.75) is 20.1 Å². The number of rotatable bonds is 3. The number of methoxy groups -OCH3 is 1. The molecule has 0 aliphatic heterocycles. The van der Waals surface area contributed by atoms with Crippen molar-refractivity contribution in [2.24, 2.45) is 0 Å². The fourth-order valence-electron chi connectivity index (χ4n) is 1.04. The van der Waals surface area contributed by atoms with Crippen LogP contribution in [0.5, 0.6) is 0 Å². The molecule has 2 N–H and O–H groups in total. The molecular formula is C7H13N3O. The fourth-order valence-corrected chi connectivity index (χ4v) is 1.04. The van der Waals surface area contributed by atoms with Crippen LogP contribution in [0.25, 0.3) is 0 Å². The Morgan fingerprint density at radius 2 is 2.45 bits per heavy atom. The average Bonchev–Trinajstić information content (AvgIpc) is 2.33. The highest BCUT2D eigenvalue weighted by Crippen LogP contribution is 2.07. The second-order valence-corrected chi connectivity index (χ2v) is 2.28. The standard InChI is InChI=1S/C7H13N3O/c1-3-10-6(8)4-9-7(10)5-11-2/h4H,3,5,8H2,1-2H3. The fraction of sp³-hybridized carbons (Fsp3) is 0.571. The van der Waals surface area contributed by atoms with E-state index >= 15 is 0 Å². The summed E-state index contributed by atoms with van der Waals surface area (Å²) in [5, 5.41) is 0. The lowest BCUT2D eigenvalue weighted by molar-refractivity contribution is 0.174. The molecule has 0 atom stereocenters. The molecule has 0 bridgehead atoms. The first-order valence-electron chi connectivity index (χ1n) is 3.58. The highest BCUT2D eigenvalue weighted by Gasteiger charge is 2.03. The first-order chi connectivity index (χ1) is 5.29. The summed E-state index contributed by atoms with van der Waals surface area (Å²) < 4.78 is 6.86. The van der Waals surface area contributed by atoms with Gasteiger partial charge in [-0.05, 0) is 6.92 Å². The first-order valence-corrected chi connectivity index (χ1v) is 3.58. The molecule has 0 saturated heterocycles. The Kier molecular flexibility index (Phi) is 2.48. The Hall–Kier alpha value is -1.03. The third kappa shape index (κ3) is 1.51. The Labute approximate surface area is 66.0 Å². The van der Waals surface area contributed by atoms with Gasteiger partial charge in [0, 0.05) is 13.7 Å². The molecule has 0 fully saturated rings. The summed E-state index contributed by atoms with van der Waals surface area (Å²) in [7, 11) is 1.64. The van der Waals surface area contributed by atoms with E-state index in [4.69, 9.17) is 10.5 Å². The van der Waals surface area contributed by atoms with Crippen molar-refractivity contribution in [3.8, 4) is 0 Å². The number of aromatic nitrogens is 2. The predicted molar refractivity (Wildman–Crippen MR) is 43.0 cm³/mol. The van der Waals surface area contributed by atoms with Crippen molar-refractivity contribution in [2.75, 3.05) is 12.8 Å². The van der Waals surface area contributed by atoms with E-state index in [2.05, 4.69) is 4.98 Å². The summed E-state index contributed by atoms with van der Waals surface area (Å²) in [5.74, 6) is 1.58. The molecular weight excluding hydrogens is 142 g/mol. The van der Waals surface area contributed by atoms with Crippen LogP contribution in [0.1, 0.15) is 12.7 Å². The first kappa shape index (κ1) is 8.07. The average molecular weight is 155 g/mol. The lowest BCUT2D eigenvalue weighted by Crippen LogP contribution is -2.05. The van der Waals surface area contributed by atoms with Crippen LogP contribution in [0.4, 0.5) is 5.82 Å². The van der Waals surface area contributed by atoms with Gasteiger partial charge in [0.15, 0.2) is 0 Å². The van der Waals surface area contributed by atoms with Crippen molar-refractivity contribution >= 4 is 5.82 Å². The number of nitrogen functional groups attached to an aromatic ring is 1. The number of anilines is 1. The maximum atomic E-state index is 5.63. The minimum atomic E-state index is 0.519. The SMILES string of the molecule is CCn1c(N)cnc1COC. The van der Waals surface area contributed by atoms with Gasteiger partial charge in [-0.2, -0.15) is 0 Å². The molecule has 11 heavy (non-hydrogen) atoms. The maximum Gasteiger partial charge on any atom is 0.136 e. The molecule has 0 unspecified atom stereocenters. The monoisotopic (exact) mass is 155 g/mol. The number of nitrogens with zero attached hydrogens (tertiary/aromatic N) is 2. The van der Waals surface area contributed by atoms with Gasteiger partial charge in [-0.3, -0.25) is 0 Å². The van der Waals surface area contributed by atoms with E-state index in [0.717, 1.165) is 12.4 Å². The van der Waals surface area contributed by atoms with Crippen LogP contribution in [-0.4, -0.2) is 16.7 Å². The van der Waals surface area contributed by atoms with Gasteiger partial charge in [-0.15, -0.1) is 0 Å². The van der Waals surface area contributed by atoms with Gasteiger partial charge < -0.3 is 15.0 Å². The topological polar surface area (TPSA) is 53.1 Å². The van der Waals surface area contributed by atoms with Crippen LogP contribution in [0, 0.1) is 0 Å². The lowest BCUT2D eigenvalue weighted by Gasteiger charge is -2.04. The van der Waals surface area contributed by atoms with Gasteiger partial charge in [-0.1, -0.05) is 0 Å². The zero-order valence-electron chi connectivity index (χ0n) is 6.87. The zero-order valence-corrected chi connectivity index (χ0v) is 6.87. The molecule has 0 aromatic carbocycles. The summed E-state index contributed by atoms with van der Waals surface area (Å²) in [6.07, 6.45) is 1.65. The molecule has 0 aliphatic carbocycles. The molecule has 62 valence electrons. The minimum absolute atomic E-state index is 0.519. The normalized spacial score (nSPS) is 10.4. The van der Waals surface area contributed by atoms with Crippen LogP contribution >= 0.6 is 0 Å². The number of ether oxygens (including phenoxy) is 1. The van der Waals surface area contributed by atoms with Gasteiger partial charge in [0.2, 0.25) is 0 Å². The molecule has 0 saturated carbocycles. The smallest absolute Gasteiger partial charge is 0.136 e. The van der Waals surface area contributed by atoms with E-state index in [0.29, 0.717) is 12.4 Å². The number of hydrogen-bond acceptors (Lipinski definition) is 3. The number of nitrogens with two attached hydrogens (primary N) is 1. The molecule has 0 amide bonds. The molecule has 1 heterocycles. The predicted octanol–water partition coefficient (Wildman–Crippen LogP) is 0.632. The van der Waals surface area contributed by atoms with E-state index in [1.165, 1.54) is 0 Å². The third-order valence-corrected chi connectivity index (χ3v) is 1.56. The van der Waals surface area contributed by atoms with E-state index < -0.39 is 0 Å². The van der Waals surface area contributed by atoms with Gasteiger partial charge in [0.05, 0.1) is 6.20 Å². The molecule has 4 nitrogen and oxygen atoms in total. The van der Waals surface area contributed by atoms with E-state index in [-0.39, 0.29) is 0 Å². The maximum absolute atomic E-state index is 5.63. The van der Waals surface area contributed by atoms with E-state index in [1.807, 2.05) is 11.5 Å². The molecule has 0 aliphatic rings. The van der Waals surface area contributed by atoms with Crippen molar-refractivity contribution in [3.05, 3.63) is 12.0 Å². The lowest BCUT2D eigenvalue weighted by atomic mass is 10.6. The van der Waals surface area contributed by atoms with Crippen molar-refractivity contribution < 1.29 is 4.74 Å². The van der Waals surface area contributed by atoms with Crippen LogP contribution in [0.15, 0.2) is 6.20 Å². The number of hydrogen-bond donors (Lipinski definition) is 1. The second kappa shape index (κ2) is 3.39. The van der Waals surface area contributed by atoms with E-state index in [1.54, 1.807) is 13.3 Å². The van der Waals surface area contributed by atoms with Crippen LogP contribution in [0.3, 0.4) is 0 Å². The summed E-state index contributed by atoms with van der Waals surface area (Å²) in [6, 6.07) is 0. The Balaban J connectivity index is 2.86. The van der Waals surface area contributed by atoms with Crippen LogP contribution < -0.4 is 5.73 Å². The highest BCUT2D eigenvalue weighted by molar-refractivity contribution is 5.27. The number of imidazole rings is 1. The van der Waals surface area contributed by atoms with Gasteiger partial charge >= 0.3 is 0 Å². The van der Waals surface area contributed by atoms with Crippen LogP contribution in [-0.2, 0) is 17.9 Å². The highest BCUT2D eigenvalue weighted by atomic mass is 16.5. The second-order valence-electron chi connectivity index (χ2n) is 2.28. The molecule has 1 aromatic rings. The summed E-state index contributed by atoms with van der Waals surface area (Å²) in [4.78, 5) is 4.09. The third-order valence-electron chi connectivity index (χ3n) is 1.56. The Morgan fingerprint density at radius 1 is 1.73 bits per heavy atom. The summed E-state index contributed by atoms with van der Waals surface area (Å²) in [5.41, 5.74) is 5.63. The van der Waals surface area contributed by atoms with E-state index in [9.17, 15) is 0 Å². The van der Waals surface area contributed by atoms with Crippen molar-refractivity contribution in [1.82, 2.24) is 9.55 Å². The van der Waals surface area contributed by atoms with Crippen molar-refractivity contribution in [1.29, 1.82) is 0 Å². The van der Waals surface area contributed by atoms with Crippen LogP contribution in [0.2, 0.25) is 0 Å². The molecule has 0 spiro atoms. The summed E-state index contributed by atoms with van der Waals surface area (Å²) >= 11 is 0. The molecule has 1 aromatic heterocycles. The van der Waals surface area contributed by atoms with Gasteiger partial charge in [0.1, 0.15) is 18.2 Å². The van der Waals surface area contributed by atoms with Gasteiger partial charge in [0.25, 0.3) is 0 Å². The molecule has 0 radical (unpaired) electrons. The quantitative estimate of drug-likeness (QED) is 0.696. The largest absolute Gasteiger partial charge is 0.384 e. The Bertz CT molecular complexity index is 232. The summed E-state index contributed by atoms with van der Waals surface area (Å²) in [6.45, 7) is 3.38. The zero-order chi connectivity index (χ0) is 8.27. The molecule has 4 heteroatoms. The van der Waals surface area contributed by atoms with Gasteiger partial charge in [-0.25, -0.2) is 4.98 Å². The Morgan fingerprint density at radius 3 is 3.00 bits per heavy atom. The van der Waals surface area contributed by atoms with Crippen molar-refractivity contribution in [3.63, 3.8) is 0 Å².